The summed E-state index contributed by atoms with van der Waals surface area (Å²) in [7, 11) is 0. The average Bonchev–Trinajstić information content (AvgIpc) is 2.87. The van der Waals surface area contributed by atoms with Crippen LogP contribution < -0.4 is 5.73 Å². The predicted molar refractivity (Wildman–Crippen MR) is 79.1 cm³/mol. The highest BCUT2D eigenvalue weighted by atomic mass is 16.5. The van der Waals surface area contributed by atoms with Crippen molar-refractivity contribution in [3.8, 4) is 0 Å². The molecular formula is C16H24N2O2. The van der Waals surface area contributed by atoms with Crippen molar-refractivity contribution in [1.82, 2.24) is 4.90 Å². The second-order valence-electron chi connectivity index (χ2n) is 6.13. The van der Waals surface area contributed by atoms with E-state index in [1.165, 1.54) is 5.56 Å². The highest BCUT2D eigenvalue weighted by molar-refractivity contribution is 5.85. The quantitative estimate of drug-likeness (QED) is 0.892. The Bertz CT molecular complexity index is 440. The Labute approximate surface area is 120 Å². The van der Waals surface area contributed by atoms with E-state index in [0.29, 0.717) is 19.1 Å². The topological polar surface area (TPSA) is 55.6 Å². The molecule has 1 fully saturated rings. The first-order valence-corrected chi connectivity index (χ1v) is 7.17. The molecule has 1 saturated heterocycles. The molecule has 0 aromatic heterocycles. The molecule has 2 rings (SSSR count). The van der Waals surface area contributed by atoms with Crippen molar-refractivity contribution in [2.45, 2.75) is 32.4 Å². The first-order chi connectivity index (χ1) is 9.47. The van der Waals surface area contributed by atoms with Crippen LogP contribution in [0.1, 0.15) is 25.8 Å². The number of nitrogens with zero attached hydrogens (tertiary/aromatic N) is 1. The third-order valence-corrected chi connectivity index (χ3v) is 3.59. The molecule has 0 saturated carbocycles. The number of carbonyl (C=O) groups excluding carboxylic acids is 1. The molecule has 20 heavy (non-hydrogen) atoms. The van der Waals surface area contributed by atoms with Crippen LogP contribution in [0, 0.1) is 5.92 Å². The summed E-state index contributed by atoms with van der Waals surface area (Å²) in [4.78, 5) is 13.9. The number of amides is 1. The first kappa shape index (κ1) is 15.0. The molecule has 0 spiro atoms. The number of carbonyl (C=O) groups is 1. The summed E-state index contributed by atoms with van der Waals surface area (Å²) in [6.45, 7) is 6.40. The number of likely N-dealkylation sites (tertiary alicyclic amines) is 1. The van der Waals surface area contributed by atoms with Gasteiger partial charge in [-0.15, -0.1) is 0 Å². The van der Waals surface area contributed by atoms with Gasteiger partial charge in [0.1, 0.15) is 0 Å². The lowest BCUT2D eigenvalue weighted by atomic mass is 10.1. The van der Waals surface area contributed by atoms with Crippen LogP contribution in [-0.2, 0) is 16.1 Å². The molecule has 0 radical (unpaired) electrons. The maximum absolute atomic E-state index is 12.1. The average molecular weight is 276 g/mol. The Hall–Kier alpha value is -1.39. The Morgan fingerprint density at radius 2 is 2.10 bits per heavy atom. The van der Waals surface area contributed by atoms with Crippen LogP contribution in [0.25, 0.3) is 0 Å². The van der Waals surface area contributed by atoms with Gasteiger partial charge in [0.2, 0.25) is 5.91 Å². The molecule has 1 aromatic carbocycles. The second-order valence-corrected chi connectivity index (χ2v) is 6.13. The van der Waals surface area contributed by atoms with Crippen LogP contribution in [-0.4, -0.2) is 36.0 Å². The number of nitrogens with two attached hydrogens (primary N) is 1. The lowest BCUT2D eigenvalue weighted by Gasteiger charge is -2.25. The van der Waals surface area contributed by atoms with Crippen LogP contribution in [0.5, 0.6) is 0 Å². The lowest BCUT2D eigenvalue weighted by Crippen LogP contribution is -2.50. The summed E-state index contributed by atoms with van der Waals surface area (Å²) in [5.74, 6) is 0.452. The molecule has 0 bridgehead atoms. The third kappa shape index (κ3) is 4.05. The van der Waals surface area contributed by atoms with Crippen molar-refractivity contribution < 1.29 is 9.53 Å². The Kier molecular flexibility index (Phi) is 4.78. The van der Waals surface area contributed by atoms with Crippen molar-refractivity contribution in [3.05, 3.63) is 35.9 Å². The molecule has 4 heteroatoms. The summed E-state index contributed by atoms with van der Waals surface area (Å²) in [5, 5.41) is 0. The summed E-state index contributed by atoms with van der Waals surface area (Å²) < 4.78 is 5.75. The number of hydrogen-bond acceptors (Lipinski definition) is 3. The largest absolute Gasteiger partial charge is 0.376 e. The van der Waals surface area contributed by atoms with Gasteiger partial charge in [-0.25, -0.2) is 0 Å². The Balaban J connectivity index is 1.73. The van der Waals surface area contributed by atoms with E-state index >= 15 is 0 Å². The first-order valence-electron chi connectivity index (χ1n) is 7.17. The molecule has 1 aliphatic heterocycles. The standard InChI is InChI=1S/C16H24N2O2/c1-16(2,17)15(19)18-9-8-14(10-18)12-20-11-13-6-4-3-5-7-13/h3-7,14H,8-12,17H2,1-2H3. The van der Waals surface area contributed by atoms with Gasteiger partial charge in [-0.05, 0) is 25.8 Å². The van der Waals surface area contributed by atoms with Gasteiger partial charge in [-0.3, -0.25) is 4.79 Å². The van der Waals surface area contributed by atoms with Crippen LogP contribution in [0.4, 0.5) is 0 Å². The maximum atomic E-state index is 12.1. The van der Waals surface area contributed by atoms with Crippen LogP contribution in [0.15, 0.2) is 30.3 Å². The van der Waals surface area contributed by atoms with E-state index in [-0.39, 0.29) is 5.91 Å². The van der Waals surface area contributed by atoms with E-state index in [2.05, 4.69) is 12.1 Å². The zero-order chi connectivity index (χ0) is 14.6. The van der Waals surface area contributed by atoms with Crippen molar-refractivity contribution in [3.63, 3.8) is 0 Å². The molecular weight excluding hydrogens is 252 g/mol. The minimum atomic E-state index is -0.778. The van der Waals surface area contributed by atoms with Gasteiger partial charge >= 0.3 is 0 Å². The second kappa shape index (κ2) is 6.37. The number of benzene rings is 1. The van der Waals surface area contributed by atoms with Crippen molar-refractivity contribution >= 4 is 5.91 Å². The molecule has 2 N–H and O–H groups in total. The fourth-order valence-corrected chi connectivity index (χ4v) is 2.48. The van der Waals surface area contributed by atoms with E-state index < -0.39 is 5.54 Å². The van der Waals surface area contributed by atoms with Crippen LogP contribution in [0.3, 0.4) is 0 Å². The molecule has 1 amide bonds. The van der Waals surface area contributed by atoms with Gasteiger partial charge in [-0.1, -0.05) is 30.3 Å². The minimum Gasteiger partial charge on any atom is -0.376 e. The zero-order valence-electron chi connectivity index (χ0n) is 12.3. The van der Waals surface area contributed by atoms with Gasteiger partial charge in [-0.2, -0.15) is 0 Å². The molecule has 1 heterocycles. The van der Waals surface area contributed by atoms with Crippen molar-refractivity contribution in [2.75, 3.05) is 19.7 Å². The van der Waals surface area contributed by atoms with Gasteiger partial charge in [0.15, 0.2) is 0 Å². The highest BCUT2D eigenvalue weighted by Crippen LogP contribution is 2.19. The molecule has 1 aromatic rings. The molecule has 4 nitrogen and oxygen atoms in total. The smallest absolute Gasteiger partial charge is 0.242 e. The van der Waals surface area contributed by atoms with E-state index in [1.807, 2.05) is 23.1 Å². The molecule has 1 atom stereocenters. The van der Waals surface area contributed by atoms with Gasteiger partial charge in [0.25, 0.3) is 0 Å². The molecule has 1 unspecified atom stereocenters. The molecule has 110 valence electrons. The van der Waals surface area contributed by atoms with Crippen molar-refractivity contribution in [2.24, 2.45) is 11.7 Å². The lowest BCUT2D eigenvalue weighted by molar-refractivity contribution is -0.134. The summed E-state index contributed by atoms with van der Waals surface area (Å²) in [6.07, 6.45) is 0.997. The van der Waals surface area contributed by atoms with Crippen molar-refractivity contribution in [1.29, 1.82) is 0 Å². The van der Waals surface area contributed by atoms with E-state index in [9.17, 15) is 4.79 Å². The number of rotatable bonds is 5. The predicted octanol–water partition coefficient (Wildman–Crippen LogP) is 1.79. The van der Waals surface area contributed by atoms with Gasteiger partial charge in [0, 0.05) is 19.0 Å². The molecule has 1 aliphatic rings. The highest BCUT2D eigenvalue weighted by Gasteiger charge is 2.33. The van der Waals surface area contributed by atoms with Gasteiger partial charge in [0.05, 0.1) is 18.8 Å². The summed E-state index contributed by atoms with van der Waals surface area (Å²) in [5.41, 5.74) is 6.26. The zero-order valence-corrected chi connectivity index (χ0v) is 12.3. The van der Waals surface area contributed by atoms with E-state index in [4.69, 9.17) is 10.5 Å². The summed E-state index contributed by atoms with van der Waals surface area (Å²) >= 11 is 0. The number of ether oxygens (including phenoxy) is 1. The third-order valence-electron chi connectivity index (χ3n) is 3.59. The molecule has 0 aliphatic carbocycles. The normalized spacial score (nSPS) is 19.4. The summed E-state index contributed by atoms with van der Waals surface area (Å²) in [6, 6.07) is 10.1. The Morgan fingerprint density at radius 3 is 2.75 bits per heavy atom. The van der Waals surface area contributed by atoms with Crippen LogP contribution >= 0.6 is 0 Å². The Morgan fingerprint density at radius 1 is 1.40 bits per heavy atom. The van der Waals surface area contributed by atoms with Crippen LogP contribution in [0.2, 0.25) is 0 Å². The van der Waals surface area contributed by atoms with E-state index in [0.717, 1.165) is 19.5 Å². The van der Waals surface area contributed by atoms with Gasteiger partial charge < -0.3 is 15.4 Å². The maximum Gasteiger partial charge on any atom is 0.242 e. The monoisotopic (exact) mass is 276 g/mol. The fourth-order valence-electron chi connectivity index (χ4n) is 2.48. The fraction of sp³-hybridized carbons (Fsp3) is 0.562. The number of hydrogen-bond donors (Lipinski definition) is 1. The minimum absolute atomic E-state index is 0.0306. The van der Waals surface area contributed by atoms with E-state index in [1.54, 1.807) is 13.8 Å². The SMILES string of the molecule is CC(C)(N)C(=O)N1CCC(COCc2ccccc2)C1.